The molecule has 1 N–H and O–H groups in total. The molecule has 0 radical (unpaired) electrons. The Labute approximate surface area is 204 Å². The molecule has 0 aliphatic carbocycles. The molecular weight excluding hydrogens is 458 g/mol. The van der Waals surface area contributed by atoms with E-state index in [1.165, 1.54) is 22.7 Å². The van der Waals surface area contributed by atoms with Crippen LogP contribution < -0.4 is 0 Å². The van der Waals surface area contributed by atoms with Crippen LogP contribution in [-0.4, -0.2) is 25.1 Å². The molecule has 3 aromatic rings. The zero-order valence-electron chi connectivity index (χ0n) is 19.8. The van der Waals surface area contributed by atoms with Gasteiger partial charge < -0.3 is 9.67 Å². The van der Waals surface area contributed by atoms with Gasteiger partial charge in [-0.1, -0.05) is 76.2 Å². The first-order chi connectivity index (χ1) is 14.8. The van der Waals surface area contributed by atoms with E-state index in [-0.39, 0.29) is 4.75 Å². The highest BCUT2D eigenvalue weighted by Crippen LogP contribution is 2.48. The maximum Gasteiger partial charge on any atom is 0.319 e. The predicted octanol–water partition coefficient (Wildman–Crippen LogP) is 8.31. The third-order valence-corrected chi connectivity index (χ3v) is 8.10. The predicted molar refractivity (Wildman–Crippen MR) is 140 cm³/mol. The van der Waals surface area contributed by atoms with Gasteiger partial charge in [-0.3, -0.25) is 4.79 Å². The van der Waals surface area contributed by atoms with Crippen LogP contribution in [0.15, 0.2) is 52.4 Å². The Bertz CT molecular complexity index is 1130. The fraction of sp³-hybridized carbons (Fsp3) is 0.423. The minimum Gasteiger partial charge on any atom is -0.480 e. The third-order valence-electron chi connectivity index (χ3n) is 5.19. The van der Waals surface area contributed by atoms with Gasteiger partial charge in [0.25, 0.3) is 0 Å². The van der Waals surface area contributed by atoms with E-state index in [1.807, 2.05) is 36.0 Å². The number of carbonyl (C=O) groups is 1. The summed E-state index contributed by atoms with van der Waals surface area (Å²) in [7, 11) is 0. The van der Waals surface area contributed by atoms with Crippen LogP contribution in [0.4, 0.5) is 0 Å². The summed E-state index contributed by atoms with van der Waals surface area (Å²) in [6.07, 6.45) is 0. The van der Waals surface area contributed by atoms with E-state index in [4.69, 9.17) is 11.6 Å². The average Bonchev–Trinajstić information content (AvgIpc) is 2.94. The SMILES string of the molecule is CC(C)c1ccc2c(c1)c(SC(C)(C)C)c(SC(C)(C)C(=O)O)n2Cc1ccc(Cl)cc1. The number of aliphatic carboxylic acids is 1. The number of carboxylic acid groups (broad SMARTS) is 1. The van der Waals surface area contributed by atoms with Gasteiger partial charge >= 0.3 is 5.97 Å². The van der Waals surface area contributed by atoms with Crippen molar-refractivity contribution in [1.82, 2.24) is 4.57 Å². The zero-order valence-corrected chi connectivity index (χ0v) is 22.2. The van der Waals surface area contributed by atoms with Crippen LogP contribution in [0.1, 0.15) is 65.5 Å². The molecule has 3 rings (SSSR count). The number of hydrogen-bond donors (Lipinski definition) is 1. The van der Waals surface area contributed by atoms with Crippen LogP contribution in [0.5, 0.6) is 0 Å². The quantitative estimate of drug-likeness (QED) is 0.339. The molecule has 0 fully saturated rings. The summed E-state index contributed by atoms with van der Waals surface area (Å²) >= 11 is 9.34. The third kappa shape index (κ3) is 5.67. The fourth-order valence-corrected chi connectivity index (χ4v) is 5.90. The summed E-state index contributed by atoms with van der Waals surface area (Å²) in [5.41, 5.74) is 3.53. The lowest BCUT2D eigenvalue weighted by Crippen LogP contribution is -2.27. The topological polar surface area (TPSA) is 42.2 Å². The molecule has 0 unspecified atom stereocenters. The Morgan fingerprint density at radius 1 is 1.03 bits per heavy atom. The van der Waals surface area contributed by atoms with Gasteiger partial charge in [-0.05, 0) is 55.2 Å². The normalized spacial score (nSPS) is 12.7. The highest BCUT2D eigenvalue weighted by Gasteiger charge is 2.33. The summed E-state index contributed by atoms with van der Waals surface area (Å²) in [6.45, 7) is 15.2. The molecule has 0 aliphatic rings. The fourth-order valence-electron chi connectivity index (χ4n) is 3.40. The van der Waals surface area contributed by atoms with Gasteiger partial charge in [-0.2, -0.15) is 0 Å². The maximum atomic E-state index is 12.0. The van der Waals surface area contributed by atoms with Crippen LogP contribution in [0, 0.1) is 0 Å². The zero-order chi connectivity index (χ0) is 23.8. The van der Waals surface area contributed by atoms with Crippen molar-refractivity contribution in [1.29, 1.82) is 0 Å². The summed E-state index contributed by atoms with van der Waals surface area (Å²) in [5, 5.41) is 12.8. The van der Waals surface area contributed by atoms with Crippen LogP contribution in [0.25, 0.3) is 10.9 Å². The number of benzene rings is 2. The molecule has 2 aromatic carbocycles. The number of rotatable bonds is 7. The Morgan fingerprint density at radius 3 is 2.19 bits per heavy atom. The number of halogens is 1. The molecule has 0 amide bonds. The van der Waals surface area contributed by atoms with Crippen molar-refractivity contribution in [3.8, 4) is 0 Å². The highest BCUT2D eigenvalue weighted by atomic mass is 35.5. The lowest BCUT2D eigenvalue weighted by atomic mass is 10.0. The van der Waals surface area contributed by atoms with Crippen molar-refractivity contribution < 1.29 is 9.90 Å². The number of carboxylic acids is 1. The molecule has 172 valence electrons. The van der Waals surface area contributed by atoms with Crippen molar-refractivity contribution >= 4 is 52.0 Å². The molecule has 1 aromatic heterocycles. The first-order valence-corrected chi connectivity index (χ1v) is 12.8. The van der Waals surface area contributed by atoms with Crippen LogP contribution in [0.2, 0.25) is 5.02 Å². The second kappa shape index (κ2) is 9.36. The van der Waals surface area contributed by atoms with Crippen molar-refractivity contribution in [3.05, 3.63) is 58.6 Å². The van der Waals surface area contributed by atoms with E-state index < -0.39 is 10.7 Å². The molecular formula is C26H32ClNO2S2. The Hall–Kier alpha value is -1.56. The van der Waals surface area contributed by atoms with Crippen LogP contribution >= 0.6 is 35.1 Å². The number of fused-ring (bicyclic) bond motifs is 1. The molecule has 0 spiro atoms. The lowest BCUT2D eigenvalue weighted by molar-refractivity contribution is -0.138. The van der Waals surface area contributed by atoms with Crippen molar-refractivity contribution in [3.63, 3.8) is 0 Å². The Kier molecular flexibility index (Phi) is 7.33. The number of nitrogens with zero attached hydrogens (tertiary/aromatic N) is 1. The van der Waals surface area contributed by atoms with Gasteiger partial charge in [0, 0.05) is 26.6 Å². The van der Waals surface area contributed by atoms with Crippen molar-refractivity contribution in [2.24, 2.45) is 0 Å². The van der Waals surface area contributed by atoms with E-state index in [0.29, 0.717) is 17.5 Å². The maximum absolute atomic E-state index is 12.0. The van der Waals surface area contributed by atoms with Crippen LogP contribution in [0.3, 0.4) is 0 Å². The molecule has 3 nitrogen and oxygen atoms in total. The monoisotopic (exact) mass is 489 g/mol. The Balaban J connectivity index is 2.30. The van der Waals surface area contributed by atoms with Crippen LogP contribution in [-0.2, 0) is 11.3 Å². The smallest absolute Gasteiger partial charge is 0.319 e. The summed E-state index contributed by atoms with van der Waals surface area (Å²) in [5.74, 6) is -0.404. The molecule has 0 saturated heterocycles. The molecule has 0 atom stereocenters. The first kappa shape index (κ1) is 25.1. The van der Waals surface area contributed by atoms with Crippen molar-refractivity contribution in [2.75, 3.05) is 0 Å². The second-order valence-corrected chi connectivity index (χ2v) is 13.8. The number of aromatic nitrogens is 1. The van der Waals surface area contributed by atoms with E-state index >= 15 is 0 Å². The van der Waals surface area contributed by atoms with Crippen molar-refractivity contribution in [2.45, 2.75) is 80.3 Å². The number of thioether (sulfide) groups is 2. The second-order valence-electron chi connectivity index (χ2n) is 9.91. The first-order valence-electron chi connectivity index (χ1n) is 10.8. The number of hydrogen-bond acceptors (Lipinski definition) is 3. The van der Waals surface area contributed by atoms with E-state index in [1.54, 1.807) is 13.8 Å². The summed E-state index contributed by atoms with van der Waals surface area (Å²) < 4.78 is 1.29. The van der Waals surface area contributed by atoms with E-state index in [2.05, 4.69) is 57.4 Å². The Morgan fingerprint density at radius 2 is 1.66 bits per heavy atom. The van der Waals surface area contributed by atoms with Gasteiger partial charge in [0.1, 0.15) is 4.75 Å². The molecule has 32 heavy (non-hydrogen) atoms. The average molecular weight is 490 g/mol. The van der Waals surface area contributed by atoms with Gasteiger partial charge in [0.15, 0.2) is 0 Å². The summed E-state index contributed by atoms with van der Waals surface area (Å²) in [6, 6.07) is 14.5. The minimum atomic E-state index is -0.958. The molecule has 0 aliphatic heterocycles. The summed E-state index contributed by atoms with van der Waals surface area (Å²) in [4.78, 5) is 13.2. The highest BCUT2D eigenvalue weighted by molar-refractivity contribution is 8.04. The van der Waals surface area contributed by atoms with Gasteiger partial charge in [-0.25, -0.2) is 0 Å². The largest absolute Gasteiger partial charge is 0.480 e. The minimum absolute atomic E-state index is 0.0180. The van der Waals surface area contributed by atoms with E-state index in [9.17, 15) is 9.90 Å². The molecule has 1 heterocycles. The van der Waals surface area contributed by atoms with Gasteiger partial charge in [0.05, 0.1) is 10.5 Å². The van der Waals surface area contributed by atoms with Gasteiger partial charge in [0.2, 0.25) is 0 Å². The molecule has 0 bridgehead atoms. The standard InChI is InChI=1S/C26H32ClNO2S2/c1-16(2)18-10-13-21-20(14-18)22(31-25(3,4)5)23(32-26(6,7)24(29)30)28(21)15-17-8-11-19(27)12-9-17/h8-14,16H,15H2,1-7H3,(H,29,30). The molecule has 6 heteroatoms. The van der Waals surface area contributed by atoms with E-state index in [0.717, 1.165) is 21.0 Å². The van der Waals surface area contributed by atoms with Gasteiger partial charge in [-0.15, -0.1) is 11.8 Å². The molecule has 0 saturated carbocycles. The lowest BCUT2D eigenvalue weighted by Gasteiger charge is -2.23.